The first-order chi connectivity index (χ1) is 12.5. The van der Waals surface area contributed by atoms with Crippen LogP contribution in [0.15, 0.2) is 23.8 Å². The molecule has 2 fully saturated rings. The molecule has 4 rings (SSSR count). The molecule has 5 unspecified atom stereocenters. The van der Waals surface area contributed by atoms with Gasteiger partial charge in [0.15, 0.2) is 6.10 Å². The van der Waals surface area contributed by atoms with Gasteiger partial charge in [0.2, 0.25) is 0 Å². The number of carbonyl (C=O) groups is 1. The van der Waals surface area contributed by atoms with E-state index < -0.39 is 6.10 Å². The van der Waals surface area contributed by atoms with Gasteiger partial charge in [-0.15, -0.1) is 0 Å². The van der Waals surface area contributed by atoms with E-state index in [1.807, 2.05) is 0 Å². The van der Waals surface area contributed by atoms with Gasteiger partial charge in [0.25, 0.3) is 0 Å². The molecule has 2 aliphatic carbocycles. The summed E-state index contributed by atoms with van der Waals surface area (Å²) in [6.45, 7) is 6.42. The van der Waals surface area contributed by atoms with E-state index in [2.05, 4.69) is 44.3 Å². The molecule has 5 heteroatoms. The molecule has 0 radical (unpaired) electrons. The minimum absolute atomic E-state index is 0.109. The Bertz CT molecular complexity index is 626. The van der Waals surface area contributed by atoms with Crippen molar-refractivity contribution in [2.75, 3.05) is 7.11 Å². The van der Waals surface area contributed by atoms with Crippen molar-refractivity contribution in [1.29, 1.82) is 0 Å². The summed E-state index contributed by atoms with van der Waals surface area (Å²) in [6.07, 6.45) is 10.1. The Morgan fingerprint density at radius 2 is 2.15 bits per heavy atom. The van der Waals surface area contributed by atoms with Crippen molar-refractivity contribution in [1.82, 2.24) is 5.32 Å². The number of hydrogen-bond acceptors (Lipinski definition) is 5. The van der Waals surface area contributed by atoms with E-state index in [1.165, 1.54) is 18.4 Å². The quantitative estimate of drug-likeness (QED) is 0.474. The standard InChI is InChI=1S/C21H31NO4/c1-12-10-13(2)21-15(6-5-7-18(21)26-21)11-17(24-4)20(23)25-19(12)14(3)22-16-8-9-16/h5-6,10,12,14-19,22H,7-9,11H2,1-4H3/b13-10+/t12?,14?,15?,17-,18-,19?,21?/m0/s1. The molecule has 0 bridgehead atoms. The number of methoxy groups -OCH3 is 1. The molecule has 1 spiro atoms. The van der Waals surface area contributed by atoms with Crippen molar-refractivity contribution in [3.8, 4) is 0 Å². The van der Waals surface area contributed by atoms with Gasteiger partial charge in [0.1, 0.15) is 11.7 Å². The second-order valence-electron chi connectivity index (χ2n) is 8.47. The summed E-state index contributed by atoms with van der Waals surface area (Å²) >= 11 is 0. The maximum absolute atomic E-state index is 12.8. The first-order valence-corrected chi connectivity index (χ1v) is 9.98. The molecule has 26 heavy (non-hydrogen) atoms. The van der Waals surface area contributed by atoms with Gasteiger partial charge >= 0.3 is 5.97 Å². The van der Waals surface area contributed by atoms with Gasteiger partial charge < -0.3 is 19.5 Å². The highest BCUT2D eigenvalue weighted by Crippen LogP contribution is 2.55. The Hall–Kier alpha value is -1.17. The van der Waals surface area contributed by atoms with E-state index in [-0.39, 0.29) is 41.7 Å². The largest absolute Gasteiger partial charge is 0.458 e. The fraction of sp³-hybridized carbons (Fsp3) is 0.762. The highest BCUT2D eigenvalue weighted by Gasteiger charge is 2.63. The molecular formula is C21H31NO4. The van der Waals surface area contributed by atoms with Crippen LogP contribution in [-0.2, 0) is 19.0 Å². The average Bonchev–Trinajstić information content (AvgIpc) is 3.50. The predicted octanol–water partition coefficient (Wildman–Crippen LogP) is 2.75. The molecule has 0 amide bonds. The van der Waals surface area contributed by atoms with Gasteiger partial charge in [-0.05, 0) is 45.1 Å². The van der Waals surface area contributed by atoms with Crippen molar-refractivity contribution < 1.29 is 19.0 Å². The predicted molar refractivity (Wildman–Crippen MR) is 98.7 cm³/mol. The third kappa shape index (κ3) is 3.14. The van der Waals surface area contributed by atoms with E-state index >= 15 is 0 Å². The Balaban J connectivity index is 1.65. The van der Waals surface area contributed by atoms with Crippen LogP contribution >= 0.6 is 0 Å². The summed E-state index contributed by atoms with van der Waals surface area (Å²) in [5.41, 5.74) is 1.01. The summed E-state index contributed by atoms with van der Waals surface area (Å²) < 4.78 is 17.7. The number of carbonyl (C=O) groups excluding carboxylic acids is 1. The average molecular weight is 361 g/mol. The first kappa shape index (κ1) is 18.2. The maximum atomic E-state index is 12.8. The number of rotatable bonds is 4. The maximum Gasteiger partial charge on any atom is 0.335 e. The monoisotopic (exact) mass is 361 g/mol. The van der Waals surface area contributed by atoms with Crippen molar-refractivity contribution in [2.45, 2.75) is 82.5 Å². The van der Waals surface area contributed by atoms with Crippen molar-refractivity contribution >= 4 is 5.97 Å². The van der Waals surface area contributed by atoms with E-state index in [9.17, 15) is 4.79 Å². The molecule has 1 saturated carbocycles. The second kappa shape index (κ2) is 6.77. The van der Waals surface area contributed by atoms with Crippen molar-refractivity contribution in [2.24, 2.45) is 11.8 Å². The van der Waals surface area contributed by atoms with Gasteiger partial charge in [0.05, 0.1) is 6.10 Å². The third-order valence-electron chi connectivity index (χ3n) is 6.51. The molecule has 4 aliphatic rings. The van der Waals surface area contributed by atoms with Crippen LogP contribution in [0.1, 0.15) is 46.5 Å². The van der Waals surface area contributed by atoms with Crippen LogP contribution in [0.3, 0.4) is 0 Å². The zero-order chi connectivity index (χ0) is 18.5. The first-order valence-electron chi connectivity index (χ1n) is 9.98. The van der Waals surface area contributed by atoms with Crippen molar-refractivity contribution in [3.63, 3.8) is 0 Å². The highest BCUT2D eigenvalue weighted by molar-refractivity contribution is 5.75. The molecule has 2 heterocycles. The lowest BCUT2D eigenvalue weighted by Crippen LogP contribution is -2.47. The van der Waals surface area contributed by atoms with E-state index in [0.29, 0.717) is 12.5 Å². The summed E-state index contributed by atoms with van der Waals surface area (Å²) in [5.74, 6) is 0.00965. The summed E-state index contributed by atoms with van der Waals surface area (Å²) in [5, 5.41) is 3.59. The topological polar surface area (TPSA) is 60.1 Å². The smallest absolute Gasteiger partial charge is 0.335 e. The molecule has 7 atom stereocenters. The van der Waals surface area contributed by atoms with Crippen LogP contribution in [0.25, 0.3) is 0 Å². The summed E-state index contributed by atoms with van der Waals surface area (Å²) in [7, 11) is 1.59. The zero-order valence-electron chi connectivity index (χ0n) is 16.2. The zero-order valence-corrected chi connectivity index (χ0v) is 16.2. The van der Waals surface area contributed by atoms with Crippen LogP contribution in [0.4, 0.5) is 0 Å². The lowest BCUT2D eigenvalue weighted by molar-refractivity contribution is -0.165. The molecule has 5 nitrogen and oxygen atoms in total. The molecule has 1 N–H and O–H groups in total. The van der Waals surface area contributed by atoms with Gasteiger partial charge in [0, 0.05) is 31.0 Å². The molecule has 0 aromatic rings. The van der Waals surface area contributed by atoms with Crippen LogP contribution < -0.4 is 5.32 Å². The number of nitrogens with one attached hydrogen (secondary N) is 1. The fourth-order valence-electron chi connectivity index (χ4n) is 4.88. The van der Waals surface area contributed by atoms with Gasteiger partial charge in [-0.3, -0.25) is 0 Å². The number of esters is 1. The molecule has 2 aliphatic heterocycles. The lowest BCUT2D eigenvalue weighted by Gasteiger charge is -2.34. The highest BCUT2D eigenvalue weighted by atomic mass is 16.6. The Morgan fingerprint density at radius 1 is 1.38 bits per heavy atom. The second-order valence-corrected chi connectivity index (χ2v) is 8.47. The molecule has 144 valence electrons. The molecule has 1 saturated heterocycles. The van der Waals surface area contributed by atoms with Crippen LogP contribution in [0, 0.1) is 11.8 Å². The summed E-state index contributed by atoms with van der Waals surface area (Å²) in [6, 6.07) is 0.676. The lowest BCUT2D eigenvalue weighted by atomic mass is 9.75. The van der Waals surface area contributed by atoms with E-state index in [1.54, 1.807) is 7.11 Å². The molecular weight excluding hydrogens is 330 g/mol. The van der Waals surface area contributed by atoms with E-state index in [4.69, 9.17) is 14.2 Å². The normalized spacial score (nSPS) is 45.6. The van der Waals surface area contributed by atoms with Crippen LogP contribution in [0.5, 0.6) is 0 Å². The van der Waals surface area contributed by atoms with Gasteiger partial charge in [-0.1, -0.05) is 25.2 Å². The number of epoxide rings is 1. The Kier molecular flexibility index (Phi) is 4.74. The minimum Gasteiger partial charge on any atom is -0.458 e. The number of cyclic esters (lactones) is 1. The van der Waals surface area contributed by atoms with E-state index in [0.717, 1.165) is 6.42 Å². The number of hydrogen-bond donors (Lipinski definition) is 1. The molecule has 0 aromatic heterocycles. The fourth-order valence-corrected chi connectivity index (χ4v) is 4.88. The third-order valence-corrected chi connectivity index (χ3v) is 6.51. The van der Waals surface area contributed by atoms with Crippen LogP contribution in [-0.4, -0.2) is 49.1 Å². The van der Waals surface area contributed by atoms with Crippen molar-refractivity contribution in [3.05, 3.63) is 23.8 Å². The SMILES string of the molecule is CO[C@H]1CC2C=CC[C@@H]3OC23/C(C)=C/C(C)C(C(C)NC2CC2)OC1=O. The van der Waals surface area contributed by atoms with Gasteiger partial charge in [-0.2, -0.15) is 0 Å². The minimum atomic E-state index is -0.557. The molecule has 0 aromatic carbocycles. The van der Waals surface area contributed by atoms with Crippen LogP contribution in [0.2, 0.25) is 0 Å². The van der Waals surface area contributed by atoms with Gasteiger partial charge in [-0.25, -0.2) is 4.79 Å². The Labute approximate surface area is 156 Å². The number of ether oxygens (including phenoxy) is 3. The summed E-state index contributed by atoms with van der Waals surface area (Å²) in [4.78, 5) is 12.8. The Morgan fingerprint density at radius 3 is 2.85 bits per heavy atom.